The minimum absolute atomic E-state index is 0.0860. The van der Waals surface area contributed by atoms with Crippen LogP contribution in [0.15, 0.2) is 170 Å². The largest absolute Gasteiger partial charge is 0.497 e. The number of hydrogen-bond acceptors (Lipinski definition) is 15. The summed E-state index contributed by atoms with van der Waals surface area (Å²) in [6, 6.07) is 45.6. The van der Waals surface area contributed by atoms with Crippen LogP contribution in [0.1, 0.15) is 62.7 Å². The number of nitro benzene ring substituents is 1. The van der Waals surface area contributed by atoms with E-state index in [9.17, 15) is 15.2 Å². The Morgan fingerprint density at radius 3 is 2.13 bits per heavy atom. The Kier molecular flexibility index (Phi) is 14.6. The Hall–Kier alpha value is -9.54. The quantitative estimate of drug-likeness (QED) is 0.0499. The van der Waals surface area contributed by atoms with Crippen LogP contribution in [-0.2, 0) is 42.4 Å². The zero-order chi connectivity index (χ0) is 56.5. The Balaban J connectivity index is 1.06. The lowest BCUT2D eigenvalue weighted by molar-refractivity contribution is -0.384. The highest BCUT2D eigenvalue weighted by atomic mass is 16.7. The van der Waals surface area contributed by atoms with E-state index in [0.29, 0.717) is 70.3 Å². The summed E-state index contributed by atoms with van der Waals surface area (Å²) in [6.45, 7) is 1.08. The van der Waals surface area contributed by atoms with Gasteiger partial charge in [0, 0.05) is 61.5 Å². The van der Waals surface area contributed by atoms with Crippen molar-refractivity contribution < 1.29 is 57.6 Å². The number of imide groups is 1. The summed E-state index contributed by atoms with van der Waals surface area (Å²) in [5, 5.41) is 21.8. The van der Waals surface area contributed by atoms with Crippen LogP contribution >= 0.6 is 0 Å². The van der Waals surface area contributed by atoms with E-state index in [4.69, 9.17) is 28.4 Å². The van der Waals surface area contributed by atoms with Gasteiger partial charge in [-0.15, -0.1) is 0 Å². The third kappa shape index (κ3) is 9.67. The standard InChI is InChI=1S/C64H55N5O13/c1-77-48-26-20-41(21-27-48)16-17-42-22-28-51-50(36-42)64(62(73)67(51)63(74)79-39-43-18-24-47(25-19-43)69(75)76)55(60(71)66-32-30-65(31-33-66)38-44-23-29-53-54(37-44)81-40-80-53)57-61(72)82-58(46-12-6-3-7-13-46)56(45-10-4-2-5-11-45)68(57)59(64)49-14-8-9-15-52(49)78-35-34-70/h2-15,18-29,36-37,55-59,70H,30-35,38-40H2,1H3/t55-,56-,57-,58+,59+,64-/m0/s1. The molecule has 414 valence electrons. The number of non-ortho nitro benzene ring substituents is 1. The summed E-state index contributed by atoms with van der Waals surface area (Å²) in [5.41, 5.74) is 2.18. The van der Waals surface area contributed by atoms with Gasteiger partial charge in [-0.3, -0.25) is 34.3 Å². The molecule has 7 aromatic rings. The normalized spacial score (nSPS) is 21.7. The molecule has 18 nitrogen and oxygen atoms in total. The number of anilines is 1. The molecular weight excluding hydrogens is 1050 g/mol. The van der Waals surface area contributed by atoms with Crippen molar-refractivity contribution in [3.05, 3.63) is 224 Å². The predicted octanol–water partition coefficient (Wildman–Crippen LogP) is 8.45. The van der Waals surface area contributed by atoms with Crippen LogP contribution in [0.4, 0.5) is 16.2 Å². The molecule has 12 rings (SSSR count). The topological polar surface area (TPSA) is 200 Å². The third-order valence-electron chi connectivity index (χ3n) is 15.9. The Bertz CT molecular complexity index is 3640. The minimum atomic E-state index is -2.18. The predicted molar refractivity (Wildman–Crippen MR) is 298 cm³/mol. The van der Waals surface area contributed by atoms with E-state index in [0.717, 1.165) is 10.5 Å². The fourth-order valence-corrected chi connectivity index (χ4v) is 12.3. The summed E-state index contributed by atoms with van der Waals surface area (Å²) in [4.78, 5) is 82.6. The molecule has 1 N–H and O–H groups in total. The highest BCUT2D eigenvalue weighted by molar-refractivity contribution is 6.23. The molecule has 0 aromatic heterocycles. The number of methoxy groups -OCH3 is 1. The van der Waals surface area contributed by atoms with Crippen LogP contribution in [0.3, 0.4) is 0 Å². The van der Waals surface area contributed by atoms with Crippen LogP contribution in [0.5, 0.6) is 23.0 Å². The number of hydrogen-bond donors (Lipinski definition) is 1. The van der Waals surface area contributed by atoms with Crippen LogP contribution < -0.4 is 23.8 Å². The average Bonchev–Trinajstić information content (AvgIpc) is 1.71. The van der Waals surface area contributed by atoms with Crippen molar-refractivity contribution in [2.24, 2.45) is 5.92 Å². The third-order valence-corrected chi connectivity index (χ3v) is 15.9. The zero-order valence-electron chi connectivity index (χ0n) is 44.5. The molecule has 3 fully saturated rings. The zero-order valence-corrected chi connectivity index (χ0v) is 44.5. The smallest absolute Gasteiger partial charge is 0.421 e. The molecule has 6 atom stereocenters. The maximum Gasteiger partial charge on any atom is 0.421 e. The molecule has 1 spiro atoms. The van der Waals surface area contributed by atoms with E-state index in [1.807, 2.05) is 95.9 Å². The van der Waals surface area contributed by atoms with Crippen molar-refractivity contribution in [1.29, 1.82) is 0 Å². The number of ether oxygens (including phenoxy) is 6. The van der Waals surface area contributed by atoms with Gasteiger partial charge in [-0.05, 0) is 101 Å². The maximum absolute atomic E-state index is 17.0. The second-order valence-electron chi connectivity index (χ2n) is 20.5. The maximum atomic E-state index is 17.0. The number of esters is 1. The van der Waals surface area contributed by atoms with E-state index < -0.39 is 64.4 Å². The van der Waals surface area contributed by atoms with E-state index in [1.165, 1.54) is 24.3 Å². The molecule has 0 aliphatic carbocycles. The number of rotatable bonds is 13. The summed E-state index contributed by atoms with van der Waals surface area (Å²) >= 11 is 0. The number of morpholine rings is 1. The molecule has 82 heavy (non-hydrogen) atoms. The summed E-state index contributed by atoms with van der Waals surface area (Å²) in [6.07, 6.45) is -2.09. The lowest BCUT2D eigenvalue weighted by Crippen LogP contribution is -2.59. The number of cyclic esters (lactones) is 1. The van der Waals surface area contributed by atoms with Gasteiger partial charge in [0.15, 0.2) is 11.5 Å². The van der Waals surface area contributed by atoms with Gasteiger partial charge >= 0.3 is 12.1 Å². The van der Waals surface area contributed by atoms with E-state index in [-0.39, 0.29) is 62.4 Å². The molecular formula is C64H55N5O13. The van der Waals surface area contributed by atoms with Crippen molar-refractivity contribution in [3.63, 3.8) is 0 Å². The van der Waals surface area contributed by atoms with Crippen molar-refractivity contribution in [3.8, 4) is 34.8 Å². The van der Waals surface area contributed by atoms with Crippen LogP contribution in [0, 0.1) is 27.9 Å². The van der Waals surface area contributed by atoms with Gasteiger partial charge in [0.05, 0.1) is 42.3 Å². The van der Waals surface area contributed by atoms with E-state index in [2.05, 4.69) is 16.7 Å². The van der Waals surface area contributed by atoms with Crippen LogP contribution in [0.25, 0.3) is 0 Å². The van der Waals surface area contributed by atoms with Gasteiger partial charge in [-0.2, -0.15) is 0 Å². The molecule has 3 saturated heterocycles. The first-order chi connectivity index (χ1) is 40.0. The number of amides is 3. The second-order valence-corrected chi connectivity index (χ2v) is 20.5. The highest BCUT2D eigenvalue weighted by Crippen LogP contribution is 2.67. The Labute approximate surface area is 472 Å². The molecule has 0 radical (unpaired) electrons. The first kappa shape index (κ1) is 53.1. The summed E-state index contributed by atoms with van der Waals surface area (Å²) in [7, 11) is 1.57. The highest BCUT2D eigenvalue weighted by Gasteiger charge is 2.76. The van der Waals surface area contributed by atoms with Gasteiger partial charge in [-0.25, -0.2) is 9.69 Å². The fourth-order valence-electron chi connectivity index (χ4n) is 12.3. The van der Waals surface area contributed by atoms with Crippen molar-refractivity contribution in [2.75, 3.05) is 58.2 Å². The number of nitro groups is 1. The number of aliphatic hydroxyl groups is 1. The number of piperazine rings is 1. The number of fused-ring (bicyclic) bond motifs is 4. The minimum Gasteiger partial charge on any atom is -0.497 e. The molecule has 5 aliphatic heterocycles. The molecule has 7 aromatic carbocycles. The SMILES string of the molecule is COc1ccc(C#Cc2ccc3c(c2)[C@]2(C(=O)N3C(=O)OCc3ccc([N+](=O)[O-])cc3)[C@H](C(=O)N3CCN(Cc4ccc5c(c4)OCO5)CC3)[C@H]3C(=O)O[C@H](c4ccccc4)[C@H](c4ccccc4)N3[C@@H]2c2ccccc2OCCO)cc1. The molecule has 0 unspecified atom stereocenters. The first-order valence-corrected chi connectivity index (χ1v) is 26.9. The molecule has 0 saturated carbocycles. The van der Waals surface area contributed by atoms with Crippen molar-refractivity contribution in [1.82, 2.24) is 14.7 Å². The number of carbonyl (C=O) groups is 4. The lowest BCUT2D eigenvalue weighted by atomic mass is 9.64. The second kappa shape index (κ2) is 22.5. The Morgan fingerprint density at radius 1 is 0.744 bits per heavy atom. The van der Waals surface area contributed by atoms with Gasteiger partial charge in [-0.1, -0.05) is 96.8 Å². The van der Waals surface area contributed by atoms with Gasteiger partial charge in [0.2, 0.25) is 18.6 Å². The number of benzene rings is 7. The first-order valence-electron chi connectivity index (χ1n) is 26.9. The summed E-state index contributed by atoms with van der Waals surface area (Å²) < 4.78 is 35.7. The van der Waals surface area contributed by atoms with Crippen molar-refractivity contribution >= 4 is 35.3 Å². The fraction of sp³-hybridized carbons (Fsp3) is 0.250. The van der Waals surface area contributed by atoms with Crippen LogP contribution in [0.2, 0.25) is 0 Å². The monoisotopic (exact) mass is 1100 g/mol. The lowest BCUT2D eigenvalue weighted by Gasteiger charge is -2.46. The summed E-state index contributed by atoms with van der Waals surface area (Å²) in [5.74, 6) is 4.98. The average molecular weight is 1100 g/mol. The van der Waals surface area contributed by atoms with Gasteiger partial charge < -0.3 is 38.4 Å². The van der Waals surface area contributed by atoms with Crippen molar-refractivity contribution in [2.45, 2.75) is 42.8 Å². The van der Waals surface area contributed by atoms with Gasteiger partial charge in [0.1, 0.15) is 42.3 Å². The van der Waals surface area contributed by atoms with Gasteiger partial charge in [0.25, 0.3) is 5.69 Å². The molecule has 5 aliphatic rings. The van der Waals surface area contributed by atoms with E-state index >= 15 is 19.2 Å². The number of nitrogens with zero attached hydrogens (tertiary/aromatic N) is 5. The number of para-hydroxylation sites is 1. The molecule has 5 heterocycles. The number of aliphatic hydroxyl groups excluding tert-OH is 1. The van der Waals surface area contributed by atoms with E-state index in [1.54, 1.807) is 66.6 Å². The number of carbonyl (C=O) groups excluding carboxylic acids is 4. The molecule has 3 amide bonds. The Morgan fingerprint density at radius 2 is 1.41 bits per heavy atom. The van der Waals surface area contributed by atoms with Crippen LogP contribution in [-0.4, -0.2) is 108 Å². The molecule has 0 bridgehead atoms. The molecule has 18 heteroatoms.